The van der Waals surface area contributed by atoms with Gasteiger partial charge < -0.3 is 0 Å². The van der Waals surface area contributed by atoms with Crippen molar-refractivity contribution in [1.29, 1.82) is 0 Å². The Morgan fingerprint density at radius 3 is 2.00 bits per heavy atom. The van der Waals surface area contributed by atoms with Gasteiger partial charge in [0.25, 0.3) is 20.2 Å². The van der Waals surface area contributed by atoms with Crippen LogP contribution in [0, 0.1) is 0 Å². The molecule has 9 heteroatoms. The minimum absolute atomic E-state index is 0.228. The molecule has 2 aromatic carbocycles. The first kappa shape index (κ1) is 15.6. The number of carbonyl (C=O) groups excluding carboxylic acids is 1. The van der Waals surface area contributed by atoms with Crippen LogP contribution in [-0.4, -0.2) is 32.2 Å². The number of hydrogen-bond donors (Lipinski definition) is 2. The van der Waals surface area contributed by atoms with E-state index >= 15 is 0 Å². The normalized spacial score (nSPS) is 12.7. The molecule has 0 saturated carbocycles. The van der Waals surface area contributed by atoms with Crippen LogP contribution < -0.4 is 0 Å². The van der Waals surface area contributed by atoms with E-state index in [-0.39, 0.29) is 11.8 Å². The van der Waals surface area contributed by atoms with Gasteiger partial charge >= 0.3 is 0 Å². The van der Waals surface area contributed by atoms with Crippen molar-refractivity contribution in [2.24, 2.45) is 0 Å². The van der Waals surface area contributed by atoms with Crippen molar-refractivity contribution in [3.8, 4) is 0 Å². The molecule has 0 fully saturated rings. The number of hydrogen-bond acceptors (Lipinski definition) is 5. The molecular weight excluding hydrogens is 320 g/mol. The molecule has 0 heterocycles. The van der Waals surface area contributed by atoms with Crippen molar-refractivity contribution in [3.63, 3.8) is 0 Å². The molecule has 0 unspecified atom stereocenters. The van der Waals surface area contributed by atoms with E-state index in [0.29, 0.717) is 10.8 Å². The first-order valence-corrected chi connectivity index (χ1v) is 8.56. The molecule has 0 amide bonds. The predicted octanol–water partition coefficient (Wildman–Crippen LogP) is 1.43. The lowest BCUT2D eigenvalue weighted by Gasteiger charge is -2.14. The molecule has 0 saturated heterocycles. The smallest absolute Gasteiger partial charge is 0.289 e. The van der Waals surface area contributed by atoms with Crippen LogP contribution in [0.25, 0.3) is 10.8 Å². The molecule has 7 nitrogen and oxygen atoms in total. The van der Waals surface area contributed by atoms with Gasteiger partial charge in [0.2, 0.25) is 4.58 Å². The van der Waals surface area contributed by atoms with Crippen LogP contribution in [0.5, 0.6) is 0 Å². The maximum atomic E-state index is 11.3. The minimum atomic E-state index is -5.17. The second-order valence-corrected chi connectivity index (χ2v) is 7.57. The summed E-state index contributed by atoms with van der Waals surface area (Å²) in [5.41, 5.74) is -0.734. The Morgan fingerprint density at radius 1 is 0.905 bits per heavy atom. The average Bonchev–Trinajstić information content (AvgIpc) is 2.35. The zero-order valence-corrected chi connectivity index (χ0v) is 12.0. The first-order valence-electron chi connectivity index (χ1n) is 5.55. The van der Waals surface area contributed by atoms with E-state index in [9.17, 15) is 21.6 Å². The van der Waals surface area contributed by atoms with E-state index in [4.69, 9.17) is 9.11 Å². The lowest BCUT2D eigenvalue weighted by Crippen LogP contribution is -2.22. The van der Waals surface area contributed by atoms with Gasteiger partial charge in [0.1, 0.15) is 0 Å². The summed E-state index contributed by atoms with van der Waals surface area (Å²) in [4.78, 5) is 11.2. The summed E-state index contributed by atoms with van der Waals surface area (Å²) in [6.45, 7) is 0. The lowest BCUT2D eigenvalue weighted by molar-refractivity contribution is 0.112. The highest BCUT2D eigenvalue weighted by molar-refractivity contribution is 8.03. The summed E-state index contributed by atoms with van der Waals surface area (Å²) >= 11 is 0. The van der Waals surface area contributed by atoms with Crippen molar-refractivity contribution in [1.82, 2.24) is 0 Å². The highest BCUT2D eigenvalue weighted by atomic mass is 32.3. The third-order valence-corrected chi connectivity index (χ3v) is 5.97. The first-order chi connectivity index (χ1) is 9.66. The standard InChI is InChI=1S/C12H10O7S2/c13-7-11-9-4-2-1-3-8(9)5-6-10(11)12(20(14,15)16)21(17,18)19/h1-7,12H,(H,14,15,16)(H,17,18,19). The van der Waals surface area contributed by atoms with Gasteiger partial charge in [-0.05, 0) is 10.8 Å². The van der Waals surface area contributed by atoms with Crippen LogP contribution in [-0.2, 0) is 20.2 Å². The molecule has 2 aromatic rings. The Bertz CT molecular complexity index is 882. The molecule has 0 spiro atoms. The SMILES string of the molecule is O=Cc1c(C(S(=O)(=O)O)S(=O)(=O)O)ccc2ccccc12. The largest absolute Gasteiger partial charge is 0.298 e. The van der Waals surface area contributed by atoms with Gasteiger partial charge in [0.05, 0.1) is 0 Å². The summed E-state index contributed by atoms with van der Waals surface area (Å²) in [6.07, 6.45) is 0.279. The van der Waals surface area contributed by atoms with Crippen molar-refractivity contribution in [3.05, 3.63) is 47.5 Å². The van der Waals surface area contributed by atoms with Crippen molar-refractivity contribution >= 4 is 37.3 Å². The van der Waals surface area contributed by atoms with Crippen LogP contribution in [0.1, 0.15) is 20.5 Å². The summed E-state index contributed by atoms with van der Waals surface area (Å²) < 4.78 is 60.7. The van der Waals surface area contributed by atoms with Gasteiger partial charge in [-0.2, -0.15) is 16.8 Å². The summed E-state index contributed by atoms with van der Waals surface area (Å²) in [6, 6.07) is 8.85. The number of aldehydes is 1. The summed E-state index contributed by atoms with van der Waals surface area (Å²) in [5.74, 6) is 0. The number of fused-ring (bicyclic) bond motifs is 1. The maximum Gasteiger partial charge on any atom is 0.289 e. The Hall–Kier alpha value is -1.81. The van der Waals surface area contributed by atoms with Crippen LogP contribution >= 0.6 is 0 Å². The number of rotatable bonds is 4. The van der Waals surface area contributed by atoms with Crippen molar-refractivity contribution in [2.45, 2.75) is 4.58 Å². The molecule has 0 bridgehead atoms. The summed E-state index contributed by atoms with van der Waals surface area (Å²) in [7, 11) is -10.3. The monoisotopic (exact) mass is 330 g/mol. The minimum Gasteiger partial charge on any atom is -0.298 e. The molecule has 0 aliphatic rings. The average molecular weight is 330 g/mol. The fourth-order valence-corrected chi connectivity index (χ4v) is 4.41. The number of benzene rings is 2. The van der Waals surface area contributed by atoms with Crippen LogP contribution in [0.3, 0.4) is 0 Å². The van der Waals surface area contributed by atoms with E-state index in [2.05, 4.69) is 0 Å². The molecular formula is C12H10O7S2. The van der Waals surface area contributed by atoms with Crippen molar-refractivity contribution < 1.29 is 30.7 Å². The lowest BCUT2D eigenvalue weighted by atomic mass is 10.0. The Labute approximate surface area is 120 Å². The van der Waals surface area contributed by atoms with Gasteiger partial charge in [0, 0.05) is 11.1 Å². The van der Waals surface area contributed by atoms with Gasteiger partial charge in [0.15, 0.2) is 6.29 Å². The maximum absolute atomic E-state index is 11.3. The van der Waals surface area contributed by atoms with E-state index in [1.807, 2.05) is 0 Å². The van der Waals surface area contributed by atoms with E-state index in [1.165, 1.54) is 12.1 Å². The second-order valence-electron chi connectivity index (χ2n) is 4.27. The molecule has 0 radical (unpaired) electrons. The van der Waals surface area contributed by atoms with E-state index in [1.54, 1.807) is 18.2 Å². The predicted molar refractivity (Wildman–Crippen MR) is 75.2 cm³/mol. The summed E-state index contributed by atoms with van der Waals surface area (Å²) in [5, 5.41) is 0.884. The van der Waals surface area contributed by atoms with Crippen molar-refractivity contribution in [2.75, 3.05) is 0 Å². The van der Waals surface area contributed by atoms with E-state index < -0.39 is 30.4 Å². The Balaban J connectivity index is 2.91. The molecule has 0 aromatic heterocycles. The molecule has 0 aliphatic heterocycles. The van der Waals surface area contributed by atoms with Gasteiger partial charge in [-0.15, -0.1) is 0 Å². The van der Waals surface area contributed by atoms with Gasteiger partial charge in [-0.3, -0.25) is 13.9 Å². The van der Waals surface area contributed by atoms with Crippen LogP contribution in [0.4, 0.5) is 0 Å². The van der Waals surface area contributed by atoms with Crippen LogP contribution in [0.15, 0.2) is 36.4 Å². The number of carbonyl (C=O) groups is 1. The fraction of sp³-hybridized carbons (Fsp3) is 0.0833. The van der Waals surface area contributed by atoms with Gasteiger partial charge in [-0.25, -0.2) is 0 Å². The highest BCUT2D eigenvalue weighted by Crippen LogP contribution is 2.32. The quantitative estimate of drug-likeness (QED) is 0.641. The topological polar surface area (TPSA) is 126 Å². The van der Waals surface area contributed by atoms with Gasteiger partial charge in [-0.1, -0.05) is 36.4 Å². The molecule has 112 valence electrons. The van der Waals surface area contributed by atoms with Crippen LogP contribution in [0.2, 0.25) is 0 Å². The molecule has 2 N–H and O–H groups in total. The fourth-order valence-electron chi connectivity index (χ4n) is 2.12. The highest BCUT2D eigenvalue weighted by Gasteiger charge is 2.39. The molecule has 2 rings (SSSR count). The van der Waals surface area contributed by atoms with E-state index in [0.717, 1.165) is 6.07 Å². The zero-order valence-electron chi connectivity index (χ0n) is 10.4. The molecule has 21 heavy (non-hydrogen) atoms. The Morgan fingerprint density at radius 2 is 1.48 bits per heavy atom. The molecule has 0 atom stereocenters. The zero-order chi connectivity index (χ0) is 15.8. The molecule has 0 aliphatic carbocycles. The third-order valence-electron chi connectivity index (χ3n) is 2.92. The third kappa shape index (κ3) is 2.95. The second kappa shape index (κ2) is 5.19. The Kier molecular flexibility index (Phi) is 3.85.